The summed E-state index contributed by atoms with van der Waals surface area (Å²) < 4.78 is 11.5. The number of aromatic nitrogens is 2. The summed E-state index contributed by atoms with van der Waals surface area (Å²) in [7, 11) is -1.02. The topological polar surface area (TPSA) is 126 Å². The van der Waals surface area contributed by atoms with Crippen molar-refractivity contribution in [2.45, 2.75) is 32.5 Å². The molecule has 3 aliphatic heterocycles. The Kier molecular flexibility index (Phi) is 6.17. The maximum Gasteiger partial charge on any atom is 0.491 e. The van der Waals surface area contributed by atoms with Gasteiger partial charge >= 0.3 is 7.12 Å². The highest BCUT2D eigenvalue weighted by Crippen LogP contribution is 2.44. The zero-order valence-corrected chi connectivity index (χ0v) is 22.3. The largest absolute Gasteiger partial charge is 0.491 e. The molecular weight excluding hydrogens is 521 g/mol. The van der Waals surface area contributed by atoms with Crippen LogP contribution >= 0.6 is 0 Å². The molecular formula is C30H26BN5O5. The summed E-state index contributed by atoms with van der Waals surface area (Å²) in [5.74, 6) is 1.17. The zero-order chi connectivity index (χ0) is 28.1. The summed E-state index contributed by atoms with van der Waals surface area (Å²) in [6, 6.07) is 14.7. The number of benzene rings is 2. The van der Waals surface area contributed by atoms with Gasteiger partial charge in [0.15, 0.2) is 0 Å². The van der Waals surface area contributed by atoms with Crippen LogP contribution in [0.2, 0.25) is 0 Å². The van der Waals surface area contributed by atoms with Gasteiger partial charge in [-0.25, -0.2) is 4.98 Å². The highest BCUT2D eigenvalue weighted by atomic mass is 16.5. The van der Waals surface area contributed by atoms with Crippen LogP contribution in [-0.2, 0) is 16.1 Å². The Labute approximate surface area is 236 Å². The van der Waals surface area contributed by atoms with E-state index in [4.69, 9.17) is 9.39 Å². The Balaban J connectivity index is 1.09. The second kappa shape index (κ2) is 10.0. The average molecular weight is 547 g/mol. The predicted octanol–water partition coefficient (Wildman–Crippen LogP) is 3.94. The first-order chi connectivity index (χ1) is 19.9. The third-order valence-electron chi connectivity index (χ3n) is 7.66. The van der Waals surface area contributed by atoms with E-state index in [1.165, 1.54) is 0 Å². The van der Waals surface area contributed by atoms with Gasteiger partial charge in [-0.05, 0) is 60.8 Å². The molecule has 0 bridgehead atoms. The molecule has 2 aromatic heterocycles. The Hall–Kier alpha value is -4.74. The molecule has 1 unspecified atom stereocenters. The van der Waals surface area contributed by atoms with E-state index < -0.39 is 7.12 Å². The summed E-state index contributed by atoms with van der Waals surface area (Å²) in [4.78, 5) is 35.8. The summed E-state index contributed by atoms with van der Waals surface area (Å²) >= 11 is 0. The summed E-state index contributed by atoms with van der Waals surface area (Å²) in [6.07, 6.45) is 6.27. The fourth-order valence-corrected chi connectivity index (χ4v) is 5.56. The molecule has 0 radical (unpaired) electrons. The molecule has 0 aliphatic carbocycles. The SMILES string of the molecule is CC1Oc2cc(N3CCCC3=O)ccc2-c2cnc(Nc3cncc(NC(=O)c4ccc5c(c4)B(O)OC5)c3)cc21. The van der Waals surface area contributed by atoms with E-state index in [-0.39, 0.29) is 17.9 Å². The van der Waals surface area contributed by atoms with Crippen molar-refractivity contribution in [1.82, 2.24) is 9.97 Å². The first-order valence-electron chi connectivity index (χ1n) is 13.5. The molecule has 0 saturated carbocycles. The van der Waals surface area contributed by atoms with Crippen molar-refractivity contribution in [3.63, 3.8) is 0 Å². The van der Waals surface area contributed by atoms with Gasteiger partial charge in [-0.2, -0.15) is 0 Å². The molecule has 1 atom stereocenters. The van der Waals surface area contributed by atoms with Gasteiger partial charge in [-0.15, -0.1) is 0 Å². The monoisotopic (exact) mass is 547 g/mol. The highest BCUT2D eigenvalue weighted by molar-refractivity contribution is 6.61. The van der Waals surface area contributed by atoms with Crippen molar-refractivity contribution in [2.75, 3.05) is 22.1 Å². The molecule has 2 amide bonds. The van der Waals surface area contributed by atoms with Crippen molar-refractivity contribution in [3.05, 3.63) is 83.8 Å². The Bertz CT molecular complexity index is 1710. The molecule has 204 valence electrons. The molecule has 1 fully saturated rings. The van der Waals surface area contributed by atoms with Gasteiger partial charge in [0.1, 0.15) is 17.7 Å². The van der Waals surface area contributed by atoms with Gasteiger partial charge in [-0.1, -0.05) is 6.07 Å². The maximum atomic E-state index is 12.9. The quantitative estimate of drug-likeness (QED) is 0.321. The van der Waals surface area contributed by atoms with E-state index in [9.17, 15) is 14.6 Å². The molecule has 41 heavy (non-hydrogen) atoms. The van der Waals surface area contributed by atoms with Crippen molar-refractivity contribution in [2.24, 2.45) is 0 Å². The number of fused-ring (bicyclic) bond motifs is 4. The summed E-state index contributed by atoms with van der Waals surface area (Å²) in [5.41, 5.74) is 6.80. The number of nitrogens with one attached hydrogen (secondary N) is 2. The van der Waals surface area contributed by atoms with Gasteiger partial charge in [-0.3, -0.25) is 14.6 Å². The third-order valence-corrected chi connectivity index (χ3v) is 7.66. The van der Waals surface area contributed by atoms with Crippen LogP contribution in [0.3, 0.4) is 0 Å². The van der Waals surface area contributed by atoms with Crippen LogP contribution < -0.4 is 25.7 Å². The second-order valence-corrected chi connectivity index (χ2v) is 10.4. The van der Waals surface area contributed by atoms with E-state index in [0.29, 0.717) is 41.2 Å². The molecule has 3 aliphatic rings. The number of carbonyl (C=O) groups is 2. The minimum absolute atomic E-state index is 0.142. The fraction of sp³-hybridized carbons (Fsp3) is 0.200. The lowest BCUT2D eigenvalue weighted by atomic mass is 9.79. The van der Waals surface area contributed by atoms with Crippen LogP contribution in [0.1, 0.15) is 47.4 Å². The Morgan fingerprint density at radius 1 is 1.07 bits per heavy atom. The van der Waals surface area contributed by atoms with Gasteiger partial charge in [0, 0.05) is 53.2 Å². The van der Waals surface area contributed by atoms with Gasteiger partial charge in [0.25, 0.3) is 5.91 Å². The number of hydrogen-bond acceptors (Lipinski definition) is 8. The molecule has 10 nitrogen and oxygen atoms in total. The van der Waals surface area contributed by atoms with E-state index in [1.807, 2.05) is 42.3 Å². The first-order valence-corrected chi connectivity index (χ1v) is 13.5. The van der Waals surface area contributed by atoms with Crippen LogP contribution in [0.15, 0.2) is 67.1 Å². The number of anilines is 4. The van der Waals surface area contributed by atoms with Gasteiger partial charge < -0.3 is 29.9 Å². The van der Waals surface area contributed by atoms with Crippen LogP contribution in [0.4, 0.5) is 22.9 Å². The highest BCUT2D eigenvalue weighted by Gasteiger charge is 2.29. The smallest absolute Gasteiger partial charge is 0.485 e. The number of rotatable bonds is 5. The predicted molar refractivity (Wildman–Crippen MR) is 155 cm³/mol. The normalized spacial score (nSPS) is 17.0. The van der Waals surface area contributed by atoms with Crippen molar-refractivity contribution < 1.29 is 24.0 Å². The zero-order valence-electron chi connectivity index (χ0n) is 22.3. The molecule has 3 N–H and O–H groups in total. The summed E-state index contributed by atoms with van der Waals surface area (Å²) in [6.45, 7) is 3.04. The number of hydrogen-bond donors (Lipinski definition) is 3. The van der Waals surface area contributed by atoms with Crippen LogP contribution in [0.5, 0.6) is 5.75 Å². The number of amides is 2. The average Bonchev–Trinajstić information content (AvgIpc) is 3.58. The van der Waals surface area contributed by atoms with Gasteiger partial charge in [0.2, 0.25) is 5.91 Å². The Morgan fingerprint density at radius 3 is 2.80 bits per heavy atom. The summed E-state index contributed by atoms with van der Waals surface area (Å²) in [5, 5.41) is 16.1. The Morgan fingerprint density at radius 2 is 1.95 bits per heavy atom. The molecule has 7 rings (SSSR count). The molecule has 11 heteroatoms. The lowest BCUT2D eigenvalue weighted by molar-refractivity contribution is -0.117. The molecule has 1 saturated heterocycles. The maximum absolute atomic E-state index is 12.9. The molecule has 5 heterocycles. The van der Waals surface area contributed by atoms with Crippen molar-refractivity contribution in [3.8, 4) is 16.9 Å². The minimum Gasteiger partial charge on any atom is -0.485 e. The molecule has 0 spiro atoms. The van der Waals surface area contributed by atoms with Crippen LogP contribution in [-0.4, -0.2) is 40.5 Å². The second-order valence-electron chi connectivity index (χ2n) is 10.4. The lowest BCUT2D eigenvalue weighted by Gasteiger charge is -2.28. The number of ether oxygens (including phenoxy) is 1. The first kappa shape index (κ1) is 25.2. The number of pyridine rings is 2. The van der Waals surface area contributed by atoms with E-state index >= 15 is 0 Å². The van der Waals surface area contributed by atoms with E-state index in [1.54, 1.807) is 36.7 Å². The van der Waals surface area contributed by atoms with E-state index in [2.05, 4.69) is 20.6 Å². The number of nitrogens with zero attached hydrogens (tertiary/aromatic N) is 3. The van der Waals surface area contributed by atoms with Crippen molar-refractivity contribution >= 4 is 47.3 Å². The fourth-order valence-electron chi connectivity index (χ4n) is 5.56. The van der Waals surface area contributed by atoms with Gasteiger partial charge in [0.05, 0.1) is 30.4 Å². The minimum atomic E-state index is -1.02. The molecule has 2 aromatic carbocycles. The number of carbonyl (C=O) groups excluding carboxylic acids is 2. The van der Waals surface area contributed by atoms with Crippen molar-refractivity contribution in [1.29, 1.82) is 0 Å². The lowest BCUT2D eigenvalue weighted by Crippen LogP contribution is -2.29. The third kappa shape index (κ3) is 4.68. The standard InChI is InChI=1S/C30H26BN5O5/c1-17-24-12-28(33-15-25(24)23-7-6-22(11-27(23)41-17)36-8-2-3-29(36)37)34-20-10-21(14-32-13-20)35-30(38)18-4-5-19-16-40-31(39)26(19)9-18/h4-7,9-15,17,39H,2-3,8,16H2,1H3,(H,33,34)(H,35,38). The van der Waals surface area contributed by atoms with E-state index in [0.717, 1.165) is 46.7 Å². The van der Waals surface area contributed by atoms with Crippen LogP contribution in [0.25, 0.3) is 11.1 Å². The molecule has 4 aromatic rings. The van der Waals surface area contributed by atoms with Crippen LogP contribution in [0, 0.1) is 0 Å².